The van der Waals surface area contributed by atoms with Crippen LogP contribution < -0.4 is 0 Å². The lowest BCUT2D eigenvalue weighted by molar-refractivity contribution is 0.468. The molecule has 1 saturated heterocycles. The van der Waals surface area contributed by atoms with Crippen LogP contribution in [0.25, 0.3) is 6.08 Å². The highest BCUT2D eigenvalue weighted by atomic mass is 32.2. The van der Waals surface area contributed by atoms with Crippen molar-refractivity contribution in [2.45, 2.75) is 18.7 Å². The molecule has 2 aromatic carbocycles. The SMILES string of the molecule is C=C(C)C1CN(S(=O)(=O)c2ccc(C)cc2)CC1=C=Cc1ccccc1. The molecule has 0 spiro atoms. The van der Waals surface area contributed by atoms with Crippen LogP contribution in [0.2, 0.25) is 0 Å². The summed E-state index contributed by atoms with van der Waals surface area (Å²) in [4.78, 5) is 0.330. The average Bonchev–Trinajstić information content (AvgIpc) is 3.07. The summed E-state index contributed by atoms with van der Waals surface area (Å²) in [6, 6.07) is 16.9. The van der Waals surface area contributed by atoms with Gasteiger partial charge < -0.3 is 0 Å². The Hall–Kier alpha value is -2.39. The molecule has 0 N–H and O–H groups in total. The Bertz CT molecular complexity index is 967. The minimum atomic E-state index is -3.52. The zero-order chi connectivity index (χ0) is 18.7. The third-order valence-electron chi connectivity index (χ3n) is 4.63. The molecule has 1 aliphatic heterocycles. The first-order valence-corrected chi connectivity index (χ1v) is 10.0. The largest absolute Gasteiger partial charge is 0.243 e. The zero-order valence-corrected chi connectivity index (χ0v) is 16.0. The second kappa shape index (κ2) is 7.46. The molecular weight excluding hydrogens is 342 g/mol. The monoisotopic (exact) mass is 365 g/mol. The molecule has 1 aliphatic rings. The van der Waals surface area contributed by atoms with Crippen LogP contribution in [0.5, 0.6) is 0 Å². The van der Waals surface area contributed by atoms with E-state index in [9.17, 15) is 8.42 Å². The number of rotatable bonds is 4. The van der Waals surface area contributed by atoms with E-state index >= 15 is 0 Å². The van der Waals surface area contributed by atoms with Crippen LogP contribution in [0.4, 0.5) is 0 Å². The highest BCUT2D eigenvalue weighted by Gasteiger charge is 2.36. The van der Waals surface area contributed by atoms with Gasteiger partial charge in [0.2, 0.25) is 10.0 Å². The average molecular weight is 365 g/mol. The minimum absolute atomic E-state index is 0.00446. The predicted octanol–water partition coefficient (Wildman–Crippen LogP) is 4.43. The molecule has 0 bridgehead atoms. The smallest absolute Gasteiger partial charge is 0.207 e. The Morgan fingerprint density at radius 1 is 1.15 bits per heavy atom. The molecule has 4 heteroatoms. The summed E-state index contributed by atoms with van der Waals surface area (Å²) in [5.74, 6) is -0.00446. The van der Waals surface area contributed by atoms with Gasteiger partial charge in [0.15, 0.2) is 0 Å². The van der Waals surface area contributed by atoms with Crippen LogP contribution >= 0.6 is 0 Å². The predicted molar refractivity (Wildman–Crippen MR) is 106 cm³/mol. The molecule has 1 atom stereocenters. The van der Waals surface area contributed by atoms with Crippen LogP contribution in [0, 0.1) is 12.8 Å². The number of hydrogen-bond acceptors (Lipinski definition) is 2. The van der Waals surface area contributed by atoms with Crippen LogP contribution in [-0.2, 0) is 10.0 Å². The third-order valence-corrected chi connectivity index (χ3v) is 6.46. The molecule has 2 aromatic rings. The second-order valence-corrected chi connectivity index (χ2v) is 8.67. The molecule has 0 radical (unpaired) electrons. The van der Waals surface area contributed by atoms with Crippen LogP contribution in [0.1, 0.15) is 18.1 Å². The van der Waals surface area contributed by atoms with Gasteiger partial charge in [-0.15, -0.1) is 5.73 Å². The molecule has 0 amide bonds. The Morgan fingerprint density at radius 3 is 2.42 bits per heavy atom. The van der Waals surface area contributed by atoms with Crippen molar-refractivity contribution in [3.8, 4) is 0 Å². The Morgan fingerprint density at radius 2 is 1.81 bits per heavy atom. The maximum atomic E-state index is 13.0. The highest BCUT2D eigenvalue weighted by molar-refractivity contribution is 7.89. The van der Waals surface area contributed by atoms with Crippen LogP contribution in [0.15, 0.2) is 82.9 Å². The highest BCUT2D eigenvalue weighted by Crippen LogP contribution is 2.31. The van der Waals surface area contributed by atoms with E-state index in [1.807, 2.05) is 62.4 Å². The van der Waals surface area contributed by atoms with Crippen LogP contribution in [0.3, 0.4) is 0 Å². The lowest BCUT2D eigenvalue weighted by Crippen LogP contribution is -2.29. The van der Waals surface area contributed by atoms with E-state index in [4.69, 9.17) is 0 Å². The summed E-state index contributed by atoms with van der Waals surface area (Å²) in [6.45, 7) is 8.69. The normalized spacial score (nSPS) is 17.8. The standard InChI is InChI=1S/C22H23NO2S/c1-17(2)22-16-23(26(24,25)21-13-9-18(3)10-14-21)15-20(22)12-11-19-7-5-4-6-8-19/h4-11,13-14,22H,1,15-16H2,2-3H3. The Labute approximate surface area is 156 Å². The van der Waals surface area contributed by atoms with Gasteiger partial charge in [-0.05, 0) is 43.2 Å². The number of sulfonamides is 1. The lowest BCUT2D eigenvalue weighted by atomic mass is 9.96. The van der Waals surface area contributed by atoms with Gasteiger partial charge in [-0.3, -0.25) is 0 Å². The molecule has 1 unspecified atom stereocenters. The van der Waals surface area contributed by atoms with Gasteiger partial charge >= 0.3 is 0 Å². The van der Waals surface area contributed by atoms with Crippen molar-refractivity contribution < 1.29 is 8.42 Å². The van der Waals surface area contributed by atoms with E-state index < -0.39 is 10.0 Å². The Balaban J connectivity index is 1.93. The first-order chi connectivity index (χ1) is 12.4. The number of hydrogen-bond donors (Lipinski definition) is 0. The Kier molecular flexibility index (Phi) is 5.28. The molecule has 0 aromatic heterocycles. The van der Waals surface area contributed by atoms with E-state index in [-0.39, 0.29) is 5.92 Å². The van der Waals surface area contributed by atoms with Crippen molar-refractivity contribution in [1.29, 1.82) is 0 Å². The van der Waals surface area contributed by atoms with Gasteiger partial charge in [0.25, 0.3) is 0 Å². The quantitative estimate of drug-likeness (QED) is 0.594. The molecule has 26 heavy (non-hydrogen) atoms. The number of aryl methyl sites for hydroxylation is 1. The molecule has 134 valence electrons. The molecule has 3 rings (SSSR count). The van der Waals surface area contributed by atoms with E-state index in [0.717, 1.165) is 22.3 Å². The molecular formula is C22H23NO2S. The summed E-state index contributed by atoms with van der Waals surface area (Å²) in [7, 11) is -3.52. The van der Waals surface area contributed by atoms with E-state index in [1.54, 1.807) is 12.1 Å². The van der Waals surface area contributed by atoms with Crippen molar-refractivity contribution in [2.75, 3.05) is 13.1 Å². The maximum Gasteiger partial charge on any atom is 0.243 e. The van der Waals surface area contributed by atoms with Gasteiger partial charge in [0.1, 0.15) is 0 Å². The summed E-state index contributed by atoms with van der Waals surface area (Å²) in [5, 5.41) is 0. The summed E-state index contributed by atoms with van der Waals surface area (Å²) >= 11 is 0. The fraction of sp³-hybridized carbons (Fsp3) is 0.227. The lowest BCUT2D eigenvalue weighted by Gasteiger charge is -2.16. The first-order valence-electron chi connectivity index (χ1n) is 8.60. The molecule has 0 aliphatic carbocycles. The van der Waals surface area contributed by atoms with E-state index in [1.165, 1.54) is 4.31 Å². The van der Waals surface area contributed by atoms with Gasteiger partial charge in [-0.2, -0.15) is 4.31 Å². The topological polar surface area (TPSA) is 37.4 Å². The number of nitrogens with zero attached hydrogens (tertiary/aromatic N) is 1. The maximum absolute atomic E-state index is 13.0. The molecule has 0 saturated carbocycles. The summed E-state index contributed by atoms with van der Waals surface area (Å²) < 4.78 is 27.5. The number of benzene rings is 2. The van der Waals surface area contributed by atoms with Crippen LogP contribution in [-0.4, -0.2) is 25.8 Å². The minimum Gasteiger partial charge on any atom is -0.207 e. The first kappa shape index (κ1) is 18.4. The zero-order valence-electron chi connectivity index (χ0n) is 15.1. The van der Waals surface area contributed by atoms with E-state index in [2.05, 4.69) is 12.3 Å². The molecule has 3 nitrogen and oxygen atoms in total. The molecule has 1 heterocycles. The van der Waals surface area contributed by atoms with E-state index in [0.29, 0.717) is 18.0 Å². The fourth-order valence-electron chi connectivity index (χ4n) is 3.05. The van der Waals surface area contributed by atoms with Gasteiger partial charge in [-0.25, -0.2) is 8.42 Å². The van der Waals surface area contributed by atoms with Crippen molar-refractivity contribution >= 4 is 16.1 Å². The summed E-state index contributed by atoms with van der Waals surface area (Å²) in [5.41, 5.74) is 7.31. The second-order valence-electron chi connectivity index (χ2n) is 6.73. The van der Waals surface area contributed by atoms with Gasteiger partial charge in [0.05, 0.1) is 4.90 Å². The van der Waals surface area contributed by atoms with Crippen molar-refractivity contribution in [1.82, 2.24) is 4.31 Å². The van der Waals surface area contributed by atoms with Gasteiger partial charge in [0, 0.05) is 19.0 Å². The van der Waals surface area contributed by atoms with Crippen molar-refractivity contribution in [3.63, 3.8) is 0 Å². The fourth-order valence-corrected chi connectivity index (χ4v) is 4.48. The third kappa shape index (κ3) is 3.88. The van der Waals surface area contributed by atoms with Gasteiger partial charge in [-0.1, -0.05) is 60.2 Å². The van der Waals surface area contributed by atoms with Crippen molar-refractivity contribution in [3.05, 3.63) is 89.2 Å². The van der Waals surface area contributed by atoms with Crippen molar-refractivity contribution in [2.24, 2.45) is 5.92 Å². The summed E-state index contributed by atoms with van der Waals surface area (Å²) in [6.07, 6.45) is 1.91. The molecule has 1 fully saturated rings.